The predicted octanol–water partition coefficient (Wildman–Crippen LogP) is 2.52. The number of hydrogen-bond donors (Lipinski definition) is 3. The van der Waals surface area contributed by atoms with Crippen LogP contribution in [0.3, 0.4) is 0 Å². The Bertz CT molecular complexity index is 1160. The number of aromatic nitrogens is 1. The molecule has 2 aromatic rings. The zero-order chi connectivity index (χ0) is 26.4. The van der Waals surface area contributed by atoms with E-state index in [1.165, 1.54) is 23.2 Å². The van der Waals surface area contributed by atoms with Crippen LogP contribution < -0.4 is 16.4 Å². The molecule has 3 heterocycles. The number of piperidine rings is 1. The molecule has 0 spiro atoms. The smallest absolute Gasteiger partial charge is 0.214 e. The number of nitrogens with two attached hydrogens (primary N) is 1. The highest BCUT2D eigenvalue weighted by Gasteiger charge is 2.29. The number of thiazole rings is 1. The van der Waals surface area contributed by atoms with Crippen LogP contribution in [-0.2, 0) is 10.0 Å². The van der Waals surface area contributed by atoms with Crippen LogP contribution in [0.2, 0.25) is 0 Å². The second-order valence-electron chi connectivity index (χ2n) is 9.45. The number of nitrogens with one attached hydrogen (secondary N) is 2. The first kappa shape index (κ1) is 27.8. The third-order valence-corrected chi connectivity index (χ3v) is 9.74. The van der Waals surface area contributed by atoms with Crippen LogP contribution in [0, 0.1) is 11.6 Å². The topological polar surface area (TPSA) is 121 Å². The average Bonchev–Trinajstić information content (AvgIpc) is 3.51. The van der Waals surface area contributed by atoms with Gasteiger partial charge in [-0.1, -0.05) is 17.4 Å². The Balaban J connectivity index is 1.22. The van der Waals surface area contributed by atoms with Crippen LogP contribution in [-0.4, -0.2) is 86.0 Å². The summed E-state index contributed by atoms with van der Waals surface area (Å²) in [6.07, 6.45) is 4.23. The number of carbonyl (C=O) groups is 1. The fourth-order valence-electron chi connectivity index (χ4n) is 4.71. The van der Waals surface area contributed by atoms with Crippen molar-refractivity contribution in [1.29, 1.82) is 0 Å². The first-order valence-electron chi connectivity index (χ1n) is 12.7. The van der Waals surface area contributed by atoms with E-state index in [-0.39, 0.29) is 22.5 Å². The maximum Gasteiger partial charge on any atom is 0.214 e. The van der Waals surface area contributed by atoms with Gasteiger partial charge in [0, 0.05) is 32.2 Å². The maximum absolute atomic E-state index is 14.0. The van der Waals surface area contributed by atoms with E-state index in [1.54, 1.807) is 0 Å². The molecule has 0 aliphatic carbocycles. The van der Waals surface area contributed by atoms with Crippen molar-refractivity contribution in [2.45, 2.75) is 38.1 Å². The van der Waals surface area contributed by atoms with Crippen molar-refractivity contribution in [3.63, 3.8) is 0 Å². The molecule has 0 saturated carbocycles. The molecule has 2 aliphatic heterocycles. The molecule has 9 nitrogen and oxygen atoms in total. The second-order valence-corrected chi connectivity index (χ2v) is 12.5. The molecule has 0 bridgehead atoms. The molecule has 0 amide bonds. The van der Waals surface area contributed by atoms with Gasteiger partial charge in [-0.15, -0.1) is 0 Å². The number of anilines is 2. The molecule has 204 valence electrons. The molecule has 4 rings (SSSR count). The molecule has 1 aromatic heterocycles. The lowest BCUT2D eigenvalue weighted by atomic mass is 10.1. The molecule has 37 heavy (non-hydrogen) atoms. The summed E-state index contributed by atoms with van der Waals surface area (Å²) in [5.74, 6) is -2.76. The molecule has 2 fully saturated rings. The highest BCUT2D eigenvalue weighted by atomic mass is 32.2. The largest absolute Gasteiger partial charge is 0.382 e. The first-order chi connectivity index (χ1) is 17.7. The van der Waals surface area contributed by atoms with Gasteiger partial charge in [0.25, 0.3) is 0 Å². The fraction of sp³-hybridized carbons (Fsp3) is 0.583. The summed E-state index contributed by atoms with van der Waals surface area (Å²) < 4.78 is 55.1. The van der Waals surface area contributed by atoms with Crippen LogP contribution >= 0.6 is 11.3 Å². The Kier molecular flexibility index (Phi) is 9.46. The molecule has 2 saturated heterocycles. The number of sulfonamides is 1. The molecule has 1 aromatic carbocycles. The van der Waals surface area contributed by atoms with E-state index in [2.05, 4.69) is 20.5 Å². The molecule has 13 heteroatoms. The minimum Gasteiger partial charge on any atom is -0.382 e. The summed E-state index contributed by atoms with van der Waals surface area (Å²) in [5.41, 5.74) is 5.21. The van der Waals surface area contributed by atoms with E-state index in [4.69, 9.17) is 5.73 Å². The van der Waals surface area contributed by atoms with Crippen molar-refractivity contribution >= 4 is 38.1 Å². The Labute approximate surface area is 220 Å². The van der Waals surface area contributed by atoms with Crippen LogP contribution in [0.4, 0.5) is 19.7 Å². The monoisotopic (exact) mass is 556 g/mol. The van der Waals surface area contributed by atoms with Crippen molar-refractivity contribution in [3.05, 3.63) is 40.3 Å². The number of rotatable bonds is 12. The number of likely N-dealkylation sites (tertiary alicyclic amines) is 1. The molecular formula is C24H34F2N6O3S2. The molecular weight excluding hydrogens is 522 g/mol. The second kappa shape index (κ2) is 12.6. The van der Waals surface area contributed by atoms with E-state index in [0.717, 1.165) is 49.6 Å². The Hall–Kier alpha value is -2.19. The number of carbonyl (C=O) groups excluding carboxylic acids is 1. The lowest BCUT2D eigenvalue weighted by Crippen LogP contribution is -2.43. The van der Waals surface area contributed by atoms with Crippen molar-refractivity contribution in [2.75, 3.05) is 62.6 Å². The standard InChI is InChI=1S/C24H34F2N6O3S2/c25-18-5-3-6-19(26)20(18)21(33)22-23(27)30-24(36-22)29-17-7-13-32(14-8-17)37(34,35)16-4-9-28-10-15-31-11-1-2-12-31/h3,5-6,17,28H,1-2,4,7-16,27H2,(H,29,30). The number of benzene rings is 1. The summed E-state index contributed by atoms with van der Waals surface area (Å²) >= 11 is 0.933. The highest BCUT2D eigenvalue weighted by Crippen LogP contribution is 2.30. The van der Waals surface area contributed by atoms with Crippen molar-refractivity contribution in [1.82, 2.24) is 19.5 Å². The van der Waals surface area contributed by atoms with Gasteiger partial charge in [-0.05, 0) is 63.9 Å². The number of nitrogen functional groups attached to an aromatic ring is 1. The van der Waals surface area contributed by atoms with Gasteiger partial charge in [-0.3, -0.25) is 4.79 Å². The van der Waals surface area contributed by atoms with Gasteiger partial charge < -0.3 is 21.3 Å². The summed E-state index contributed by atoms with van der Waals surface area (Å²) in [4.78, 5) is 19.2. The summed E-state index contributed by atoms with van der Waals surface area (Å²) in [6.45, 7) is 5.64. The van der Waals surface area contributed by atoms with Gasteiger partial charge in [0.05, 0.1) is 11.3 Å². The van der Waals surface area contributed by atoms with Crippen LogP contribution in [0.1, 0.15) is 47.3 Å². The zero-order valence-electron chi connectivity index (χ0n) is 20.7. The van der Waals surface area contributed by atoms with Gasteiger partial charge in [0.1, 0.15) is 22.3 Å². The van der Waals surface area contributed by atoms with E-state index < -0.39 is 33.0 Å². The molecule has 2 aliphatic rings. The third kappa shape index (κ3) is 7.23. The lowest BCUT2D eigenvalue weighted by Gasteiger charge is -2.31. The quantitative estimate of drug-likeness (QED) is 0.270. The minimum absolute atomic E-state index is 0.0412. The van der Waals surface area contributed by atoms with Gasteiger partial charge in [-0.2, -0.15) is 0 Å². The Morgan fingerprint density at radius 2 is 1.78 bits per heavy atom. The van der Waals surface area contributed by atoms with Gasteiger partial charge in [0.15, 0.2) is 5.13 Å². The molecule has 4 N–H and O–H groups in total. The highest BCUT2D eigenvalue weighted by molar-refractivity contribution is 7.89. The lowest BCUT2D eigenvalue weighted by molar-refractivity contribution is 0.103. The number of nitrogens with zero attached hydrogens (tertiary/aromatic N) is 3. The van der Waals surface area contributed by atoms with Crippen molar-refractivity contribution < 1.29 is 22.0 Å². The van der Waals surface area contributed by atoms with E-state index >= 15 is 0 Å². The Morgan fingerprint density at radius 1 is 1.11 bits per heavy atom. The van der Waals surface area contributed by atoms with Gasteiger partial charge >= 0.3 is 0 Å². The fourth-order valence-corrected chi connectivity index (χ4v) is 7.16. The van der Waals surface area contributed by atoms with Gasteiger partial charge in [0.2, 0.25) is 15.8 Å². The normalized spacial score (nSPS) is 17.9. The maximum atomic E-state index is 14.0. The first-order valence-corrected chi connectivity index (χ1v) is 15.1. The van der Waals surface area contributed by atoms with Gasteiger partial charge in [-0.25, -0.2) is 26.5 Å². The summed E-state index contributed by atoms with van der Waals surface area (Å²) in [5, 5.41) is 6.89. The van der Waals surface area contributed by atoms with Crippen molar-refractivity contribution in [3.8, 4) is 0 Å². The molecule has 0 atom stereocenters. The SMILES string of the molecule is Nc1nc(NC2CCN(S(=O)(=O)CCCNCCN3CCCC3)CC2)sc1C(=O)c1c(F)cccc1F. The molecule has 0 unspecified atom stereocenters. The number of hydrogen-bond acceptors (Lipinski definition) is 9. The van der Waals surface area contributed by atoms with Crippen LogP contribution in [0.15, 0.2) is 18.2 Å². The van der Waals surface area contributed by atoms with E-state index in [0.29, 0.717) is 44.0 Å². The van der Waals surface area contributed by atoms with Crippen LogP contribution in [0.5, 0.6) is 0 Å². The summed E-state index contributed by atoms with van der Waals surface area (Å²) in [7, 11) is -3.33. The number of halogens is 2. The predicted molar refractivity (Wildman–Crippen MR) is 141 cm³/mol. The Morgan fingerprint density at radius 3 is 2.46 bits per heavy atom. The third-order valence-electron chi connectivity index (χ3n) is 6.78. The number of ketones is 1. The average molecular weight is 557 g/mol. The molecule has 0 radical (unpaired) electrons. The van der Waals surface area contributed by atoms with Crippen LogP contribution in [0.25, 0.3) is 0 Å². The summed E-state index contributed by atoms with van der Waals surface area (Å²) in [6, 6.07) is 3.16. The zero-order valence-corrected chi connectivity index (χ0v) is 22.4. The van der Waals surface area contributed by atoms with E-state index in [9.17, 15) is 22.0 Å². The van der Waals surface area contributed by atoms with E-state index in [1.807, 2.05) is 0 Å². The minimum atomic E-state index is -3.33. The van der Waals surface area contributed by atoms with Crippen molar-refractivity contribution in [2.24, 2.45) is 0 Å².